The molecule has 0 bridgehead atoms. The van der Waals surface area contributed by atoms with Crippen LogP contribution in [0.1, 0.15) is 321 Å². The molecule has 498 valence electrons. The van der Waals surface area contributed by atoms with Gasteiger partial charge in [0, 0.05) is 13.2 Å². The van der Waals surface area contributed by atoms with Gasteiger partial charge in [-0.15, -0.1) is 0 Å². The summed E-state index contributed by atoms with van der Waals surface area (Å²) < 4.78 is 55.4. The number of unbranched alkanes of at least 4 members (excludes halogenated alkanes) is 38. The summed E-state index contributed by atoms with van der Waals surface area (Å²) in [4.78, 5) is 25.1. The average Bonchev–Trinajstić information content (AvgIpc) is 3.50. The molecule has 0 aliphatic carbocycles. The van der Waals surface area contributed by atoms with Crippen LogP contribution in [0, 0.1) is 10.8 Å². The van der Waals surface area contributed by atoms with Gasteiger partial charge in [-0.05, 0) is 101 Å². The lowest BCUT2D eigenvalue weighted by Gasteiger charge is -2.24. The van der Waals surface area contributed by atoms with Gasteiger partial charge in [0.15, 0.2) is 0 Å². The van der Waals surface area contributed by atoms with Crippen LogP contribution < -0.4 is 4.52 Å². The molecule has 2 aromatic rings. The zero-order valence-corrected chi connectivity index (χ0v) is 58.3. The van der Waals surface area contributed by atoms with E-state index in [2.05, 4.69) is 32.0 Å². The van der Waals surface area contributed by atoms with Crippen LogP contribution in [0.15, 0.2) is 42.5 Å². The number of ether oxygens (including phenoxy) is 4. The summed E-state index contributed by atoms with van der Waals surface area (Å²) >= 11 is 6.51. The van der Waals surface area contributed by atoms with Crippen LogP contribution in [-0.4, -0.2) is 65.3 Å². The zero-order valence-electron chi connectivity index (χ0n) is 56.7. The van der Waals surface area contributed by atoms with Crippen LogP contribution in [0.3, 0.4) is 0 Å². The summed E-state index contributed by atoms with van der Waals surface area (Å²) in [6, 6.07) is 13.6. The molecule has 0 amide bonds. The zero-order chi connectivity index (χ0) is 62.7. The van der Waals surface area contributed by atoms with Crippen LogP contribution in [-0.2, 0) is 61.4 Å². The number of methoxy groups -OCH3 is 2. The molecule has 2 aromatic carbocycles. The molecule has 0 spiro atoms. The highest BCUT2D eigenvalue weighted by Gasteiger charge is 2.33. The van der Waals surface area contributed by atoms with Crippen molar-refractivity contribution in [3.63, 3.8) is 0 Å². The molecule has 0 fully saturated rings. The highest BCUT2D eigenvalue weighted by molar-refractivity contribution is 7.48. The average molecular weight is 1250 g/mol. The van der Waals surface area contributed by atoms with Gasteiger partial charge in [0.2, 0.25) is 0 Å². The quantitative estimate of drug-likeness (QED) is 0.0360. The SMILES string of the molecule is CCCCCCCCCCCCCCCCCCOC[C@@H](COP(=O)(OCCCCCCCCCCCc1cc(CC(C)(C)C(=O)OC)cc(CC(C)(C)C(=O)OC)c1)Oc1ccccc1Cl)OCCCCCCCCCCCCCCCCCC. The van der Waals surface area contributed by atoms with E-state index in [4.69, 9.17) is 44.1 Å². The minimum Gasteiger partial charge on any atom is -0.469 e. The van der Waals surface area contributed by atoms with E-state index in [9.17, 15) is 14.2 Å². The lowest BCUT2D eigenvalue weighted by molar-refractivity contribution is -0.151. The normalized spacial score (nSPS) is 13.0. The Bertz CT molecular complexity index is 1940. The number of carbonyl (C=O) groups is 2. The van der Waals surface area contributed by atoms with Crippen LogP contribution in [0.5, 0.6) is 5.75 Å². The van der Waals surface area contributed by atoms with E-state index in [0.717, 1.165) is 94.6 Å². The van der Waals surface area contributed by atoms with Gasteiger partial charge in [-0.25, -0.2) is 4.57 Å². The minimum absolute atomic E-state index is 0.0255. The number of para-hydroxylation sites is 1. The monoisotopic (exact) mass is 1240 g/mol. The molecule has 0 saturated heterocycles. The fourth-order valence-electron chi connectivity index (χ4n) is 11.7. The largest absolute Gasteiger partial charge is 0.530 e. The molecule has 12 heteroatoms. The predicted octanol–water partition coefficient (Wildman–Crippen LogP) is 23.0. The fraction of sp³-hybridized carbons (Fsp3) is 0.811. The first-order valence-corrected chi connectivity index (χ1v) is 37.3. The Labute approximate surface area is 533 Å². The van der Waals surface area contributed by atoms with Crippen molar-refractivity contribution in [2.45, 2.75) is 330 Å². The van der Waals surface area contributed by atoms with Gasteiger partial charge in [0.1, 0.15) is 11.9 Å². The fourth-order valence-corrected chi connectivity index (χ4v) is 13.2. The number of aryl methyl sites for hydroxylation is 1. The standard InChI is InChI=1S/C74H130ClO10P/c1-9-11-13-15-17-19-21-23-25-27-29-31-35-39-43-49-55-81-63-68(82-56-50-44-40-36-32-30-28-26-24-22-20-18-16-14-12-10-2)64-84-86(78,85-70-54-48-47-53-69(70)75)83-57-51-45-41-37-33-34-38-42-46-52-65-58-66(61-73(3,4)71(76)79-7)60-67(59-65)62-74(5,6)72(77)80-8/h47-48,53-54,58-60,68H,9-46,49-52,55-57,61-64H2,1-8H3/t68-,86?/m0/s1. The summed E-state index contributed by atoms with van der Waals surface area (Å²) in [5.41, 5.74) is 2.05. The molecule has 86 heavy (non-hydrogen) atoms. The Balaban J connectivity index is 1.83. The maximum Gasteiger partial charge on any atom is 0.530 e. The first-order chi connectivity index (χ1) is 41.7. The second-order valence-corrected chi connectivity index (χ2v) is 28.5. The first kappa shape index (κ1) is 79.6. The third-order valence-electron chi connectivity index (χ3n) is 17.0. The second-order valence-electron chi connectivity index (χ2n) is 26.5. The van der Waals surface area contributed by atoms with Crippen LogP contribution in [0.25, 0.3) is 0 Å². The molecular weight excluding hydrogens is 1120 g/mol. The van der Waals surface area contributed by atoms with Gasteiger partial charge in [-0.2, -0.15) is 0 Å². The summed E-state index contributed by atoms with van der Waals surface area (Å²) in [5, 5.41) is 0.342. The van der Waals surface area contributed by atoms with E-state index in [-0.39, 0.29) is 30.9 Å². The number of hydrogen-bond acceptors (Lipinski definition) is 10. The van der Waals surface area contributed by atoms with E-state index in [1.807, 2.05) is 33.8 Å². The Morgan fingerprint density at radius 2 is 0.791 bits per heavy atom. The number of phosphoric acid groups is 1. The van der Waals surface area contributed by atoms with Gasteiger partial charge in [-0.3, -0.25) is 18.6 Å². The molecule has 10 nitrogen and oxygen atoms in total. The maximum absolute atomic E-state index is 14.4. The molecule has 2 atom stereocenters. The van der Waals surface area contributed by atoms with E-state index >= 15 is 0 Å². The molecule has 0 aromatic heterocycles. The molecule has 2 rings (SSSR count). The predicted molar refractivity (Wildman–Crippen MR) is 362 cm³/mol. The first-order valence-electron chi connectivity index (χ1n) is 35.5. The number of phosphoric ester groups is 1. The smallest absolute Gasteiger partial charge is 0.469 e. The number of hydrogen-bond donors (Lipinski definition) is 0. The summed E-state index contributed by atoms with van der Waals surface area (Å²) in [6.45, 7) is 14.1. The van der Waals surface area contributed by atoms with Gasteiger partial charge in [0.05, 0.1) is 49.9 Å². The number of carbonyl (C=O) groups excluding carboxylic acids is 2. The van der Waals surface area contributed by atoms with E-state index < -0.39 is 24.8 Å². The van der Waals surface area contributed by atoms with Gasteiger partial charge >= 0.3 is 19.8 Å². The minimum atomic E-state index is -4.07. The van der Waals surface area contributed by atoms with Crippen molar-refractivity contribution in [1.82, 2.24) is 0 Å². The molecule has 1 unspecified atom stereocenters. The van der Waals surface area contributed by atoms with Gasteiger partial charge in [0.25, 0.3) is 0 Å². The molecule has 0 aliphatic rings. The van der Waals surface area contributed by atoms with E-state index in [1.165, 1.54) is 206 Å². The van der Waals surface area contributed by atoms with Gasteiger partial charge < -0.3 is 23.5 Å². The second kappa shape index (κ2) is 52.2. The van der Waals surface area contributed by atoms with Crippen molar-refractivity contribution in [1.29, 1.82) is 0 Å². The molecule has 0 saturated carbocycles. The van der Waals surface area contributed by atoms with Crippen LogP contribution >= 0.6 is 19.4 Å². The molecule has 0 aliphatic heterocycles. The van der Waals surface area contributed by atoms with Gasteiger partial charge in [-0.1, -0.05) is 293 Å². The Kier molecular flexibility index (Phi) is 48.3. The molecule has 0 N–H and O–H groups in total. The number of esters is 2. The highest BCUT2D eigenvalue weighted by Crippen LogP contribution is 2.51. The van der Waals surface area contributed by atoms with E-state index in [1.54, 1.807) is 18.2 Å². The lowest BCUT2D eigenvalue weighted by atomic mass is 9.81. The number of halogens is 1. The summed E-state index contributed by atoms with van der Waals surface area (Å²) in [5.74, 6) is -0.208. The number of rotatable bonds is 61. The summed E-state index contributed by atoms with van der Waals surface area (Å²) in [7, 11) is -1.20. The van der Waals surface area contributed by atoms with Crippen LogP contribution in [0.4, 0.5) is 0 Å². The Hall–Kier alpha value is -2.46. The molecule has 0 heterocycles. The maximum atomic E-state index is 14.4. The van der Waals surface area contributed by atoms with Crippen LogP contribution in [0.2, 0.25) is 5.02 Å². The molecule has 0 radical (unpaired) electrons. The lowest BCUT2D eigenvalue weighted by Crippen LogP contribution is -2.29. The van der Waals surface area contributed by atoms with Crippen molar-refractivity contribution in [3.05, 3.63) is 64.2 Å². The van der Waals surface area contributed by atoms with E-state index in [0.29, 0.717) is 37.7 Å². The third-order valence-corrected chi connectivity index (χ3v) is 18.7. The summed E-state index contributed by atoms with van der Waals surface area (Å²) in [6.07, 6.45) is 53.7. The number of benzene rings is 2. The van der Waals surface area contributed by atoms with Crippen molar-refractivity contribution in [2.24, 2.45) is 10.8 Å². The topological polar surface area (TPSA) is 116 Å². The van der Waals surface area contributed by atoms with Crippen molar-refractivity contribution in [2.75, 3.05) is 47.3 Å². The highest BCUT2D eigenvalue weighted by atomic mass is 35.5. The Morgan fingerprint density at radius 3 is 1.19 bits per heavy atom. The van der Waals surface area contributed by atoms with Crippen molar-refractivity contribution in [3.8, 4) is 5.75 Å². The van der Waals surface area contributed by atoms with Crippen molar-refractivity contribution < 1.29 is 46.7 Å². The third kappa shape index (κ3) is 41.8. The van der Waals surface area contributed by atoms with Crippen molar-refractivity contribution >= 4 is 31.4 Å². The molecular formula is C74H130ClO10P. The Morgan fingerprint density at radius 1 is 0.442 bits per heavy atom.